The molecule has 3 aliphatic rings. The lowest BCUT2D eigenvalue weighted by atomic mass is 9.84. The maximum atomic E-state index is 12.7. The Kier molecular flexibility index (Phi) is 4.83. The van der Waals surface area contributed by atoms with Crippen LogP contribution in [0.4, 0.5) is 0 Å². The van der Waals surface area contributed by atoms with Gasteiger partial charge in [-0.2, -0.15) is 0 Å². The second kappa shape index (κ2) is 7.25. The van der Waals surface area contributed by atoms with E-state index in [1.807, 2.05) is 6.07 Å². The zero-order valence-corrected chi connectivity index (χ0v) is 15.1. The predicted molar refractivity (Wildman–Crippen MR) is 96.8 cm³/mol. The number of amides is 2. The van der Waals surface area contributed by atoms with Gasteiger partial charge in [0.15, 0.2) is 0 Å². The molecule has 2 amide bonds. The molecule has 0 spiro atoms. The van der Waals surface area contributed by atoms with Crippen molar-refractivity contribution < 1.29 is 14.3 Å². The van der Waals surface area contributed by atoms with Gasteiger partial charge < -0.3 is 15.8 Å². The van der Waals surface area contributed by atoms with Crippen LogP contribution in [0.2, 0.25) is 0 Å². The Balaban J connectivity index is 1.47. The van der Waals surface area contributed by atoms with Crippen LogP contribution in [0.15, 0.2) is 12.1 Å². The second-order valence-corrected chi connectivity index (χ2v) is 7.99. The van der Waals surface area contributed by atoms with E-state index in [4.69, 9.17) is 10.5 Å². The standard InChI is InChI=1S/C20H27N3O3/c21-18(24)15-3-1-2-4-16(15)22-19(25)17-10-9-14(13-7-8-13)20(23-17)26-11-12-5-6-12/h9-10,12-13,15-16H,1-8,11H2,(H2,21,24)(H,22,25)/t15-,16-/m0/s1. The fraction of sp³-hybridized carbons (Fsp3) is 0.650. The number of carbonyl (C=O) groups excluding carboxylic acids is 2. The Morgan fingerprint density at radius 3 is 2.58 bits per heavy atom. The Morgan fingerprint density at radius 2 is 1.88 bits per heavy atom. The number of pyridine rings is 1. The first kappa shape index (κ1) is 17.3. The molecule has 26 heavy (non-hydrogen) atoms. The van der Waals surface area contributed by atoms with Crippen molar-refractivity contribution in [3.05, 3.63) is 23.4 Å². The average Bonchev–Trinajstić information content (AvgIpc) is 3.54. The molecule has 6 nitrogen and oxygen atoms in total. The molecule has 2 atom stereocenters. The molecular formula is C20H27N3O3. The van der Waals surface area contributed by atoms with Crippen LogP contribution in [0.3, 0.4) is 0 Å². The van der Waals surface area contributed by atoms with Crippen molar-refractivity contribution in [3.63, 3.8) is 0 Å². The first-order chi connectivity index (χ1) is 12.6. The molecule has 0 bridgehead atoms. The van der Waals surface area contributed by atoms with Gasteiger partial charge in [-0.05, 0) is 56.4 Å². The topological polar surface area (TPSA) is 94.3 Å². The minimum absolute atomic E-state index is 0.200. The number of nitrogens with zero attached hydrogens (tertiary/aromatic N) is 1. The van der Waals surface area contributed by atoms with Gasteiger partial charge in [-0.25, -0.2) is 4.98 Å². The number of nitrogens with one attached hydrogen (secondary N) is 1. The minimum Gasteiger partial charge on any atom is -0.477 e. The molecule has 3 N–H and O–H groups in total. The molecule has 1 aromatic rings. The lowest BCUT2D eigenvalue weighted by Gasteiger charge is -2.29. The molecule has 1 heterocycles. The van der Waals surface area contributed by atoms with Gasteiger partial charge in [0.05, 0.1) is 12.5 Å². The zero-order chi connectivity index (χ0) is 18.1. The van der Waals surface area contributed by atoms with Gasteiger partial charge in [0.1, 0.15) is 5.69 Å². The number of ether oxygens (including phenoxy) is 1. The lowest BCUT2D eigenvalue weighted by Crippen LogP contribution is -2.47. The molecule has 0 aromatic carbocycles. The summed E-state index contributed by atoms with van der Waals surface area (Å²) in [5, 5.41) is 2.98. The highest BCUT2D eigenvalue weighted by molar-refractivity contribution is 5.93. The molecule has 0 unspecified atom stereocenters. The summed E-state index contributed by atoms with van der Waals surface area (Å²) in [6.07, 6.45) is 8.26. The summed E-state index contributed by atoms with van der Waals surface area (Å²) in [5.41, 5.74) is 6.98. The Morgan fingerprint density at radius 1 is 1.12 bits per heavy atom. The molecule has 3 saturated carbocycles. The van der Waals surface area contributed by atoms with E-state index >= 15 is 0 Å². The minimum atomic E-state index is -0.333. The molecule has 0 saturated heterocycles. The fourth-order valence-electron chi connectivity index (χ4n) is 3.77. The van der Waals surface area contributed by atoms with Crippen molar-refractivity contribution in [2.24, 2.45) is 17.6 Å². The van der Waals surface area contributed by atoms with Gasteiger partial charge in [0, 0.05) is 11.6 Å². The maximum Gasteiger partial charge on any atom is 0.270 e. The normalized spacial score (nSPS) is 25.5. The van der Waals surface area contributed by atoms with Crippen LogP contribution >= 0.6 is 0 Å². The van der Waals surface area contributed by atoms with Crippen LogP contribution < -0.4 is 15.8 Å². The SMILES string of the molecule is NC(=O)[C@H]1CCCC[C@@H]1NC(=O)c1ccc(C2CC2)c(OCC2CC2)n1. The van der Waals surface area contributed by atoms with E-state index in [0.29, 0.717) is 30.0 Å². The van der Waals surface area contributed by atoms with Crippen molar-refractivity contribution in [1.29, 1.82) is 0 Å². The van der Waals surface area contributed by atoms with Crippen molar-refractivity contribution in [1.82, 2.24) is 10.3 Å². The molecule has 6 heteroatoms. The highest BCUT2D eigenvalue weighted by atomic mass is 16.5. The largest absolute Gasteiger partial charge is 0.477 e. The fourth-order valence-corrected chi connectivity index (χ4v) is 3.77. The highest BCUT2D eigenvalue weighted by Crippen LogP contribution is 2.44. The summed E-state index contributed by atoms with van der Waals surface area (Å²) in [5.74, 6) is 0.903. The van der Waals surface area contributed by atoms with Crippen molar-refractivity contribution in [3.8, 4) is 5.88 Å². The van der Waals surface area contributed by atoms with Crippen LogP contribution in [0.25, 0.3) is 0 Å². The third kappa shape index (κ3) is 4.00. The third-order valence-corrected chi connectivity index (χ3v) is 5.74. The van der Waals surface area contributed by atoms with E-state index in [1.165, 1.54) is 12.8 Å². The van der Waals surface area contributed by atoms with Crippen LogP contribution in [-0.4, -0.2) is 29.4 Å². The summed E-state index contributed by atoms with van der Waals surface area (Å²) in [6, 6.07) is 3.55. The molecule has 3 fully saturated rings. The second-order valence-electron chi connectivity index (χ2n) is 7.99. The Hall–Kier alpha value is -2.11. The molecular weight excluding hydrogens is 330 g/mol. The van der Waals surface area contributed by atoms with E-state index in [2.05, 4.69) is 10.3 Å². The van der Waals surface area contributed by atoms with E-state index in [-0.39, 0.29) is 23.8 Å². The molecule has 3 aliphatic carbocycles. The number of rotatable bonds is 7. The van der Waals surface area contributed by atoms with E-state index in [1.54, 1.807) is 6.07 Å². The zero-order valence-electron chi connectivity index (χ0n) is 15.1. The number of hydrogen-bond donors (Lipinski definition) is 2. The van der Waals surface area contributed by atoms with Crippen LogP contribution in [-0.2, 0) is 4.79 Å². The molecule has 1 aromatic heterocycles. The third-order valence-electron chi connectivity index (χ3n) is 5.74. The van der Waals surface area contributed by atoms with Gasteiger partial charge in [-0.1, -0.05) is 18.9 Å². The van der Waals surface area contributed by atoms with Crippen LogP contribution in [0.1, 0.15) is 73.3 Å². The van der Waals surface area contributed by atoms with Crippen LogP contribution in [0, 0.1) is 11.8 Å². The van der Waals surface area contributed by atoms with E-state index < -0.39 is 0 Å². The lowest BCUT2D eigenvalue weighted by molar-refractivity contribution is -0.123. The summed E-state index contributed by atoms with van der Waals surface area (Å²) >= 11 is 0. The molecule has 0 aliphatic heterocycles. The first-order valence-electron chi connectivity index (χ1n) is 9.85. The Labute approximate surface area is 153 Å². The van der Waals surface area contributed by atoms with Gasteiger partial charge in [-0.15, -0.1) is 0 Å². The predicted octanol–water partition coefficient (Wildman–Crippen LogP) is 2.52. The average molecular weight is 357 g/mol. The molecule has 140 valence electrons. The molecule has 4 rings (SSSR count). The summed E-state index contributed by atoms with van der Waals surface area (Å²) < 4.78 is 5.94. The summed E-state index contributed by atoms with van der Waals surface area (Å²) in [4.78, 5) is 28.9. The number of nitrogens with two attached hydrogens (primary N) is 1. The van der Waals surface area contributed by atoms with Crippen molar-refractivity contribution >= 4 is 11.8 Å². The summed E-state index contributed by atoms with van der Waals surface area (Å²) in [6.45, 7) is 0.685. The monoisotopic (exact) mass is 357 g/mol. The maximum absolute atomic E-state index is 12.7. The quantitative estimate of drug-likeness (QED) is 0.784. The van der Waals surface area contributed by atoms with Crippen molar-refractivity contribution in [2.45, 2.75) is 63.3 Å². The van der Waals surface area contributed by atoms with Gasteiger partial charge in [-0.3, -0.25) is 9.59 Å². The van der Waals surface area contributed by atoms with Gasteiger partial charge in [0.25, 0.3) is 5.91 Å². The van der Waals surface area contributed by atoms with Gasteiger partial charge in [0.2, 0.25) is 11.8 Å². The molecule has 0 radical (unpaired) electrons. The number of primary amides is 1. The Bertz CT molecular complexity index is 698. The van der Waals surface area contributed by atoms with Crippen molar-refractivity contribution in [2.75, 3.05) is 6.61 Å². The summed E-state index contributed by atoms with van der Waals surface area (Å²) in [7, 11) is 0. The smallest absolute Gasteiger partial charge is 0.270 e. The number of carbonyl (C=O) groups is 2. The van der Waals surface area contributed by atoms with E-state index in [9.17, 15) is 9.59 Å². The van der Waals surface area contributed by atoms with Crippen LogP contribution in [0.5, 0.6) is 5.88 Å². The number of aromatic nitrogens is 1. The first-order valence-corrected chi connectivity index (χ1v) is 9.85. The number of hydrogen-bond acceptors (Lipinski definition) is 4. The van der Waals surface area contributed by atoms with E-state index in [0.717, 1.165) is 44.1 Å². The van der Waals surface area contributed by atoms with Gasteiger partial charge >= 0.3 is 0 Å². The highest BCUT2D eigenvalue weighted by Gasteiger charge is 2.32.